The van der Waals surface area contributed by atoms with Crippen molar-refractivity contribution in [3.8, 4) is 0 Å². The number of hydrogen-bond acceptors (Lipinski definition) is 3. The maximum absolute atomic E-state index is 5.77. The minimum atomic E-state index is 0.445. The van der Waals surface area contributed by atoms with E-state index in [2.05, 4.69) is 20.9 Å². The summed E-state index contributed by atoms with van der Waals surface area (Å²) in [5, 5.41) is 0. The number of nitrogens with two attached hydrogens (primary N) is 1. The minimum absolute atomic E-state index is 0.445. The van der Waals surface area contributed by atoms with Crippen LogP contribution in [-0.2, 0) is 0 Å². The quantitative estimate of drug-likeness (QED) is 0.799. The molecule has 1 unspecified atom stereocenters. The fourth-order valence-electron chi connectivity index (χ4n) is 2.43. The van der Waals surface area contributed by atoms with E-state index >= 15 is 0 Å². The molecule has 1 fully saturated rings. The van der Waals surface area contributed by atoms with E-state index in [-0.39, 0.29) is 0 Å². The summed E-state index contributed by atoms with van der Waals surface area (Å²) in [6.45, 7) is 1.76. The summed E-state index contributed by atoms with van der Waals surface area (Å²) in [6.07, 6.45) is 2.38. The van der Waals surface area contributed by atoms with Gasteiger partial charge in [-0.25, -0.2) is 4.98 Å². The van der Waals surface area contributed by atoms with Gasteiger partial charge in [-0.15, -0.1) is 0 Å². The molecule has 0 radical (unpaired) electrons. The van der Waals surface area contributed by atoms with Gasteiger partial charge in [0.15, 0.2) is 0 Å². The maximum atomic E-state index is 5.77. The maximum Gasteiger partial charge on any atom is 0.204 e. The molecule has 0 bridgehead atoms. The number of nitrogens with zero attached hydrogens (tertiary/aromatic N) is 2. The van der Waals surface area contributed by atoms with Gasteiger partial charge in [-0.1, -0.05) is 12.1 Å². The summed E-state index contributed by atoms with van der Waals surface area (Å²) in [7, 11) is 0. The Balaban J connectivity index is 1.99. The van der Waals surface area contributed by atoms with E-state index in [1.807, 2.05) is 18.2 Å². The fraction of sp³-hybridized carbons (Fsp3) is 0.417. The Bertz CT molecular complexity index is 457. The Morgan fingerprint density at radius 2 is 2.31 bits per heavy atom. The summed E-state index contributed by atoms with van der Waals surface area (Å²) in [5.74, 6) is 0.967. The van der Waals surface area contributed by atoms with Gasteiger partial charge in [-0.05, 0) is 25.0 Å². The molecule has 0 amide bonds. The second-order valence-corrected chi connectivity index (χ2v) is 4.30. The lowest BCUT2D eigenvalue weighted by Gasteiger charge is -2.22. The highest BCUT2D eigenvalue weighted by molar-refractivity contribution is 5.77. The van der Waals surface area contributed by atoms with E-state index < -0.39 is 0 Å². The summed E-state index contributed by atoms with van der Waals surface area (Å²) in [4.78, 5) is 10.3. The molecule has 1 aliphatic rings. The fourth-order valence-corrected chi connectivity index (χ4v) is 2.43. The first-order valence-electron chi connectivity index (χ1n) is 5.80. The first-order valence-corrected chi connectivity index (χ1v) is 5.80. The van der Waals surface area contributed by atoms with Crippen molar-refractivity contribution in [2.75, 3.05) is 18.0 Å². The molecule has 3 N–H and O–H groups in total. The number of para-hydroxylation sites is 2. The summed E-state index contributed by atoms with van der Waals surface area (Å²) >= 11 is 0. The van der Waals surface area contributed by atoms with Gasteiger partial charge in [-0.2, -0.15) is 0 Å². The highest BCUT2D eigenvalue weighted by Gasteiger charge is 2.25. The standard InChI is InChI=1S/C12H16N4/c13-8-9-4-3-7-16(9)12-14-10-5-1-2-6-11(10)15-12/h1-2,5-6,9H,3-4,7-8,13H2,(H,14,15). The second kappa shape index (κ2) is 3.79. The van der Waals surface area contributed by atoms with E-state index in [0.717, 1.165) is 23.5 Å². The van der Waals surface area contributed by atoms with Gasteiger partial charge in [0, 0.05) is 19.1 Å². The predicted molar refractivity (Wildman–Crippen MR) is 65.5 cm³/mol. The first-order chi connectivity index (χ1) is 7.88. The lowest BCUT2D eigenvalue weighted by Crippen LogP contribution is -2.36. The van der Waals surface area contributed by atoms with E-state index in [0.29, 0.717) is 12.6 Å². The van der Waals surface area contributed by atoms with Crippen LogP contribution in [0, 0.1) is 0 Å². The molecule has 2 aromatic rings. The molecule has 84 valence electrons. The Morgan fingerprint density at radius 3 is 3.12 bits per heavy atom. The zero-order valence-corrected chi connectivity index (χ0v) is 9.19. The van der Waals surface area contributed by atoms with Crippen LogP contribution in [-0.4, -0.2) is 29.1 Å². The average molecular weight is 216 g/mol. The molecule has 1 aromatic heterocycles. The van der Waals surface area contributed by atoms with Gasteiger partial charge in [-0.3, -0.25) is 0 Å². The normalized spacial score (nSPS) is 20.8. The van der Waals surface area contributed by atoms with Crippen LogP contribution >= 0.6 is 0 Å². The Hall–Kier alpha value is -1.55. The zero-order chi connectivity index (χ0) is 11.0. The van der Waals surface area contributed by atoms with Crippen LogP contribution in [0.1, 0.15) is 12.8 Å². The number of aromatic amines is 1. The first kappa shape index (κ1) is 9.66. The van der Waals surface area contributed by atoms with Crippen LogP contribution < -0.4 is 10.6 Å². The van der Waals surface area contributed by atoms with Gasteiger partial charge in [0.2, 0.25) is 5.95 Å². The zero-order valence-electron chi connectivity index (χ0n) is 9.19. The molecule has 3 rings (SSSR count). The molecule has 2 heterocycles. The number of anilines is 1. The third-order valence-corrected chi connectivity index (χ3v) is 3.30. The van der Waals surface area contributed by atoms with Gasteiger partial charge >= 0.3 is 0 Å². The third kappa shape index (κ3) is 1.46. The molecule has 1 atom stereocenters. The highest BCUT2D eigenvalue weighted by Crippen LogP contribution is 2.24. The predicted octanol–water partition coefficient (Wildman–Crippen LogP) is 1.49. The van der Waals surface area contributed by atoms with Crippen molar-refractivity contribution < 1.29 is 0 Å². The SMILES string of the molecule is NCC1CCCN1c1nc2ccccc2[nH]1. The van der Waals surface area contributed by atoms with Gasteiger partial charge in [0.1, 0.15) is 0 Å². The van der Waals surface area contributed by atoms with Gasteiger partial charge in [0.05, 0.1) is 11.0 Å². The summed E-state index contributed by atoms with van der Waals surface area (Å²) in [5.41, 5.74) is 7.90. The van der Waals surface area contributed by atoms with E-state index in [9.17, 15) is 0 Å². The molecule has 1 aromatic carbocycles. The highest BCUT2D eigenvalue weighted by atomic mass is 15.3. The van der Waals surface area contributed by atoms with Gasteiger partial charge in [0.25, 0.3) is 0 Å². The van der Waals surface area contributed by atoms with E-state index in [1.54, 1.807) is 0 Å². The van der Waals surface area contributed by atoms with Crippen molar-refractivity contribution in [2.24, 2.45) is 5.73 Å². The molecular formula is C12H16N4. The molecule has 1 saturated heterocycles. The van der Waals surface area contributed by atoms with Crippen LogP contribution in [0.4, 0.5) is 5.95 Å². The molecule has 0 spiro atoms. The lowest BCUT2D eigenvalue weighted by atomic mass is 10.2. The molecular weight excluding hydrogens is 200 g/mol. The van der Waals surface area contributed by atoms with Gasteiger partial charge < -0.3 is 15.6 Å². The van der Waals surface area contributed by atoms with Crippen molar-refractivity contribution in [3.63, 3.8) is 0 Å². The minimum Gasteiger partial charge on any atom is -0.338 e. The van der Waals surface area contributed by atoms with Crippen molar-refractivity contribution in [2.45, 2.75) is 18.9 Å². The number of H-pyrrole nitrogens is 1. The lowest BCUT2D eigenvalue weighted by molar-refractivity contribution is 0.667. The number of benzene rings is 1. The van der Waals surface area contributed by atoms with Crippen molar-refractivity contribution in [3.05, 3.63) is 24.3 Å². The van der Waals surface area contributed by atoms with E-state index in [4.69, 9.17) is 5.73 Å². The Kier molecular flexibility index (Phi) is 2.29. The van der Waals surface area contributed by atoms with Crippen LogP contribution in [0.15, 0.2) is 24.3 Å². The number of fused-ring (bicyclic) bond motifs is 1. The Morgan fingerprint density at radius 1 is 1.44 bits per heavy atom. The van der Waals surface area contributed by atoms with Crippen molar-refractivity contribution in [1.29, 1.82) is 0 Å². The molecule has 0 aliphatic carbocycles. The van der Waals surface area contributed by atoms with Crippen LogP contribution in [0.3, 0.4) is 0 Å². The number of aromatic nitrogens is 2. The second-order valence-electron chi connectivity index (χ2n) is 4.30. The van der Waals surface area contributed by atoms with Crippen LogP contribution in [0.5, 0.6) is 0 Å². The van der Waals surface area contributed by atoms with Crippen LogP contribution in [0.2, 0.25) is 0 Å². The molecule has 16 heavy (non-hydrogen) atoms. The molecule has 1 aliphatic heterocycles. The smallest absolute Gasteiger partial charge is 0.204 e. The molecule has 4 heteroatoms. The summed E-state index contributed by atoms with van der Waals surface area (Å²) in [6, 6.07) is 8.56. The average Bonchev–Trinajstić information content (AvgIpc) is 2.94. The van der Waals surface area contributed by atoms with Crippen LogP contribution in [0.25, 0.3) is 11.0 Å². The molecule has 0 saturated carbocycles. The van der Waals surface area contributed by atoms with Crippen molar-refractivity contribution >= 4 is 17.0 Å². The number of rotatable bonds is 2. The molecule has 4 nitrogen and oxygen atoms in total. The number of hydrogen-bond donors (Lipinski definition) is 2. The number of imidazole rings is 1. The monoisotopic (exact) mass is 216 g/mol. The number of nitrogens with one attached hydrogen (secondary N) is 1. The Labute approximate surface area is 94.5 Å². The largest absolute Gasteiger partial charge is 0.338 e. The van der Waals surface area contributed by atoms with Crippen molar-refractivity contribution in [1.82, 2.24) is 9.97 Å². The summed E-state index contributed by atoms with van der Waals surface area (Å²) < 4.78 is 0. The third-order valence-electron chi connectivity index (χ3n) is 3.30. The van der Waals surface area contributed by atoms with E-state index in [1.165, 1.54) is 12.8 Å². The topological polar surface area (TPSA) is 57.9 Å².